The molecule has 5 rings (SSSR count). The van der Waals surface area contributed by atoms with Crippen LogP contribution >= 0.6 is 0 Å². The number of benzene rings is 3. The third-order valence-corrected chi connectivity index (χ3v) is 6.91. The van der Waals surface area contributed by atoms with Gasteiger partial charge in [-0.25, -0.2) is 4.98 Å². The highest BCUT2D eigenvalue weighted by Crippen LogP contribution is 2.28. The standard InChI is InChI=1S/C29H32N4O3/c1-36-24-15-10-21(11-16-24)29(35)30-22-12-8-19(9-13-22)27-32-25-17-14-23(18-26(25)33-27)31-28(34)20-6-4-2-3-5-7-20/h8-18,20,28,31,34H,2-7H2,1H3,(H,30,35)(H,32,33). The van der Waals surface area contributed by atoms with E-state index >= 15 is 0 Å². The summed E-state index contributed by atoms with van der Waals surface area (Å²) in [6.07, 6.45) is 6.52. The molecule has 0 saturated heterocycles. The van der Waals surface area contributed by atoms with E-state index in [9.17, 15) is 9.90 Å². The Morgan fingerprint density at radius 2 is 1.67 bits per heavy atom. The highest BCUT2D eigenvalue weighted by Gasteiger charge is 2.20. The minimum atomic E-state index is -0.538. The number of carbonyl (C=O) groups excluding carboxylic acids is 1. The zero-order valence-electron chi connectivity index (χ0n) is 20.5. The van der Waals surface area contributed by atoms with E-state index in [1.165, 1.54) is 25.7 Å². The van der Waals surface area contributed by atoms with Crippen molar-refractivity contribution in [2.75, 3.05) is 17.7 Å². The van der Waals surface area contributed by atoms with Gasteiger partial charge in [0.05, 0.1) is 18.1 Å². The molecular formula is C29H32N4O3. The van der Waals surface area contributed by atoms with Crippen molar-refractivity contribution in [3.63, 3.8) is 0 Å². The monoisotopic (exact) mass is 484 g/mol. The van der Waals surface area contributed by atoms with Gasteiger partial charge in [0.1, 0.15) is 17.8 Å². The second kappa shape index (κ2) is 10.8. The molecule has 7 heteroatoms. The molecule has 7 nitrogen and oxygen atoms in total. The fourth-order valence-electron chi connectivity index (χ4n) is 4.81. The van der Waals surface area contributed by atoms with Crippen LogP contribution in [0.1, 0.15) is 48.9 Å². The van der Waals surface area contributed by atoms with Gasteiger partial charge in [0, 0.05) is 28.4 Å². The van der Waals surface area contributed by atoms with E-state index < -0.39 is 6.23 Å². The van der Waals surface area contributed by atoms with E-state index in [1.807, 2.05) is 42.5 Å². The summed E-state index contributed by atoms with van der Waals surface area (Å²) in [5, 5.41) is 16.9. The lowest BCUT2D eigenvalue weighted by atomic mass is 9.98. The summed E-state index contributed by atoms with van der Waals surface area (Å²) in [6, 6.07) is 20.5. The molecule has 1 saturated carbocycles. The van der Waals surface area contributed by atoms with Crippen LogP contribution in [0.3, 0.4) is 0 Å². The molecule has 0 spiro atoms. The topological polar surface area (TPSA) is 99.3 Å². The van der Waals surface area contributed by atoms with Crippen LogP contribution in [0.2, 0.25) is 0 Å². The minimum Gasteiger partial charge on any atom is -0.497 e. The van der Waals surface area contributed by atoms with E-state index in [1.54, 1.807) is 31.4 Å². The first kappa shape index (κ1) is 23.9. The van der Waals surface area contributed by atoms with E-state index in [-0.39, 0.29) is 5.91 Å². The van der Waals surface area contributed by atoms with Crippen LogP contribution in [-0.2, 0) is 0 Å². The number of fused-ring (bicyclic) bond motifs is 1. The van der Waals surface area contributed by atoms with E-state index in [2.05, 4.69) is 15.6 Å². The molecule has 3 aromatic carbocycles. The summed E-state index contributed by atoms with van der Waals surface area (Å²) in [6.45, 7) is 0. The SMILES string of the molecule is COc1ccc(C(=O)Nc2ccc(-c3nc4ccc(NC(O)C5CCCCCC5)cc4[nH]3)cc2)cc1. The third-order valence-electron chi connectivity index (χ3n) is 6.91. The van der Waals surface area contributed by atoms with Crippen molar-refractivity contribution < 1.29 is 14.6 Å². The Morgan fingerprint density at radius 1 is 0.972 bits per heavy atom. The molecule has 186 valence electrons. The molecule has 1 heterocycles. The van der Waals surface area contributed by atoms with Gasteiger partial charge in [-0.3, -0.25) is 4.79 Å². The van der Waals surface area contributed by atoms with Gasteiger partial charge in [0.25, 0.3) is 5.91 Å². The van der Waals surface area contributed by atoms with Crippen LogP contribution in [0.4, 0.5) is 11.4 Å². The predicted octanol–water partition coefficient (Wildman–Crippen LogP) is 6.19. The normalized spacial score (nSPS) is 15.3. The van der Waals surface area contributed by atoms with Gasteiger partial charge in [0.15, 0.2) is 0 Å². The highest BCUT2D eigenvalue weighted by molar-refractivity contribution is 6.04. The molecule has 4 N–H and O–H groups in total. The number of H-pyrrole nitrogens is 1. The van der Waals surface area contributed by atoms with E-state index in [4.69, 9.17) is 9.72 Å². The minimum absolute atomic E-state index is 0.180. The Kier molecular flexibility index (Phi) is 7.18. The molecule has 1 aromatic heterocycles. The van der Waals surface area contributed by atoms with Crippen LogP contribution < -0.4 is 15.4 Å². The Morgan fingerprint density at radius 3 is 2.36 bits per heavy atom. The molecule has 1 unspecified atom stereocenters. The lowest BCUT2D eigenvalue weighted by Crippen LogP contribution is -2.28. The van der Waals surface area contributed by atoms with Gasteiger partial charge >= 0.3 is 0 Å². The van der Waals surface area contributed by atoms with Crippen molar-refractivity contribution in [3.05, 3.63) is 72.3 Å². The Hall–Kier alpha value is -3.84. The number of methoxy groups -OCH3 is 1. The first-order chi connectivity index (χ1) is 17.6. The summed E-state index contributed by atoms with van der Waals surface area (Å²) >= 11 is 0. The first-order valence-corrected chi connectivity index (χ1v) is 12.6. The van der Waals surface area contributed by atoms with Crippen molar-refractivity contribution in [2.24, 2.45) is 5.92 Å². The van der Waals surface area contributed by atoms with Crippen molar-refractivity contribution >= 4 is 28.3 Å². The number of hydrogen-bond acceptors (Lipinski definition) is 5. The molecule has 0 radical (unpaired) electrons. The number of rotatable bonds is 7. The average Bonchev–Trinajstić information content (AvgIpc) is 3.13. The molecule has 0 bridgehead atoms. The number of anilines is 2. The van der Waals surface area contributed by atoms with E-state index in [0.717, 1.165) is 41.0 Å². The quantitative estimate of drug-likeness (QED) is 0.185. The van der Waals surface area contributed by atoms with E-state index in [0.29, 0.717) is 22.9 Å². The molecule has 1 aliphatic rings. The van der Waals surface area contributed by atoms with Gasteiger partial charge in [-0.15, -0.1) is 0 Å². The number of amides is 1. The summed E-state index contributed by atoms with van der Waals surface area (Å²) < 4.78 is 5.14. The average molecular weight is 485 g/mol. The maximum absolute atomic E-state index is 12.5. The molecule has 1 atom stereocenters. The number of carbonyl (C=O) groups is 1. The number of aliphatic hydroxyl groups is 1. The second-order valence-electron chi connectivity index (χ2n) is 9.42. The number of hydrogen-bond donors (Lipinski definition) is 4. The van der Waals surface area contributed by atoms with Crippen molar-refractivity contribution in [3.8, 4) is 17.1 Å². The zero-order chi connectivity index (χ0) is 24.9. The number of nitrogens with zero attached hydrogens (tertiary/aromatic N) is 1. The molecule has 1 aliphatic carbocycles. The fraction of sp³-hybridized carbons (Fsp3) is 0.310. The number of ether oxygens (including phenoxy) is 1. The molecular weight excluding hydrogens is 452 g/mol. The molecule has 0 aliphatic heterocycles. The molecule has 1 fully saturated rings. The molecule has 36 heavy (non-hydrogen) atoms. The number of aromatic nitrogens is 2. The van der Waals surface area contributed by atoms with Gasteiger partial charge in [-0.05, 0) is 79.6 Å². The third kappa shape index (κ3) is 5.52. The smallest absolute Gasteiger partial charge is 0.255 e. The van der Waals surface area contributed by atoms with Crippen LogP contribution in [0.15, 0.2) is 66.7 Å². The van der Waals surface area contributed by atoms with Crippen LogP contribution in [-0.4, -0.2) is 34.3 Å². The molecule has 4 aromatic rings. The maximum atomic E-state index is 12.5. The lowest BCUT2D eigenvalue weighted by molar-refractivity contribution is 0.102. The van der Waals surface area contributed by atoms with Crippen molar-refractivity contribution in [2.45, 2.75) is 44.8 Å². The maximum Gasteiger partial charge on any atom is 0.255 e. The summed E-state index contributed by atoms with van der Waals surface area (Å²) in [5.41, 5.74) is 4.82. The first-order valence-electron chi connectivity index (χ1n) is 12.6. The summed E-state index contributed by atoms with van der Waals surface area (Å²) in [7, 11) is 1.60. The number of nitrogens with one attached hydrogen (secondary N) is 3. The van der Waals surface area contributed by atoms with Crippen LogP contribution in [0, 0.1) is 5.92 Å². The van der Waals surface area contributed by atoms with Crippen molar-refractivity contribution in [1.82, 2.24) is 9.97 Å². The summed E-state index contributed by atoms with van der Waals surface area (Å²) in [5.74, 6) is 1.57. The lowest BCUT2D eigenvalue weighted by Gasteiger charge is -2.23. The largest absolute Gasteiger partial charge is 0.497 e. The van der Waals surface area contributed by atoms with Crippen LogP contribution in [0.5, 0.6) is 5.75 Å². The molecule has 1 amide bonds. The number of aliphatic hydroxyl groups excluding tert-OH is 1. The fourth-order valence-corrected chi connectivity index (χ4v) is 4.81. The Balaban J connectivity index is 1.25. The van der Waals surface area contributed by atoms with Gasteiger partial charge in [-0.2, -0.15) is 0 Å². The zero-order valence-corrected chi connectivity index (χ0v) is 20.5. The number of aromatic amines is 1. The Labute approximate surface area is 210 Å². The summed E-state index contributed by atoms with van der Waals surface area (Å²) in [4.78, 5) is 20.6. The van der Waals surface area contributed by atoms with Gasteiger partial charge in [-0.1, -0.05) is 25.7 Å². The Bertz CT molecular complexity index is 1310. The van der Waals surface area contributed by atoms with Crippen molar-refractivity contribution in [1.29, 1.82) is 0 Å². The van der Waals surface area contributed by atoms with Crippen LogP contribution in [0.25, 0.3) is 22.4 Å². The highest BCUT2D eigenvalue weighted by atomic mass is 16.5. The van der Waals surface area contributed by atoms with Gasteiger partial charge in [0.2, 0.25) is 0 Å². The number of imidazole rings is 1. The predicted molar refractivity (Wildman–Crippen MR) is 143 cm³/mol. The van der Waals surface area contributed by atoms with Gasteiger partial charge < -0.3 is 25.5 Å². The second-order valence-corrected chi connectivity index (χ2v) is 9.42.